The molecule has 0 saturated heterocycles. The largest absolute Gasteiger partial charge is 0.355 e. The van der Waals surface area contributed by atoms with Crippen molar-refractivity contribution < 1.29 is 4.79 Å². The molecule has 0 atom stereocenters. The highest BCUT2D eigenvalue weighted by Crippen LogP contribution is 1.99. The summed E-state index contributed by atoms with van der Waals surface area (Å²) in [5, 5.41) is 11.7. The van der Waals surface area contributed by atoms with Crippen LogP contribution in [0.1, 0.15) is 5.56 Å². The van der Waals surface area contributed by atoms with E-state index < -0.39 is 17.2 Å². The molecule has 0 spiro atoms. The number of H-pyrrole nitrogens is 2. The van der Waals surface area contributed by atoms with Gasteiger partial charge in [-0.3, -0.25) is 14.6 Å². The molecule has 9 nitrogen and oxygen atoms in total. The minimum absolute atomic E-state index is 0.160. The van der Waals surface area contributed by atoms with Crippen molar-refractivity contribution >= 4 is 24.0 Å². The van der Waals surface area contributed by atoms with Crippen LogP contribution < -0.4 is 22.0 Å². The molecule has 0 unspecified atom stereocenters. The number of rotatable bonds is 6. The number of allylic oxidation sites excluding steroid dienone is 1. The summed E-state index contributed by atoms with van der Waals surface area (Å²) in [6, 6.07) is 9.61. The third-order valence-corrected chi connectivity index (χ3v) is 2.57. The predicted molar refractivity (Wildman–Crippen MR) is 86.1 cm³/mol. The molecule has 0 fully saturated rings. The van der Waals surface area contributed by atoms with Gasteiger partial charge in [0.1, 0.15) is 0 Å². The van der Waals surface area contributed by atoms with Gasteiger partial charge in [-0.2, -0.15) is 5.10 Å². The average Bonchev–Trinajstić information content (AvgIpc) is 2.54. The molecule has 1 aromatic carbocycles. The molecule has 9 heteroatoms. The third-order valence-electron chi connectivity index (χ3n) is 2.57. The van der Waals surface area contributed by atoms with Crippen LogP contribution in [0, 0.1) is 0 Å². The van der Waals surface area contributed by atoms with E-state index in [1.165, 1.54) is 6.21 Å². The van der Waals surface area contributed by atoms with E-state index in [1.54, 1.807) is 6.08 Å². The summed E-state index contributed by atoms with van der Waals surface area (Å²) in [6.45, 7) is -0.220. The number of nitrogens with one attached hydrogen (secondary N) is 4. The van der Waals surface area contributed by atoms with Gasteiger partial charge < -0.3 is 5.32 Å². The molecular formula is C14H14N6O3. The van der Waals surface area contributed by atoms with Crippen molar-refractivity contribution in [3.8, 4) is 0 Å². The van der Waals surface area contributed by atoms with Crippen LogP contribution >= 0.6 is 0 Å². The highest BCUT2D eigenvalue weighted by molar-refractivity contribution is 5.83. The highest BCUT2D eigenvalue weighted by atomic mass is 16.2. The zero-order valence-electron chi connectivity index (χ0n) is 11.9. The van der Waals surface area contributed by atoms with E-state index in [0.29, 0.717) is 0 Å². The van der Waals surface area contributed by atoms with E-state index in [0.717, 1.165) is 5.56 Å². The smallest absolute Gasteiger partial charge is 0.342 e. The maximum Gasteiger partial charge on any atom is 0.342 e. The van der Waals surface area contributed by atoms with Crippen LogP contribution in [0.2, 0.25) is 0 Å². The fourth-order valence-electron chi connectivity index (χ4n) is 1.54. The molecule has 0 aliphatic heterocycles. The van der Waals surface area contributed by atoms with Crippen molar-refractivity contribution in [2.75, 3.05) is 11.9 Å². The molecule has 23 heavy (non-hydrogen) atoms. The number of hydrogen-bond donors (Lipinski definition) is 4. The molecule has 2 rings (SSSR count). The summed E-state index contributed by atoms with van der Waals surface area (Å²) < 4.78 is 0. The normalized spacial score (nSPS) is 11.0. The Kier molecular flexibility index (Phi) is 5.58. The van der Waals surface area contributed by atoms with Crippen LogP contribution in [0.3, 0.4) is 0 Å². The Morgan fingerprint density at radius 3 is 2.78 bits per heavy atom. The van der Waals surface area contributed by atoms with Gasteiger partial charge in [-0.15, -0.1) is 5.10 Å². The number of hydrogen-bond acceptors (Lipinski definition) is 6. The number of aromatic amines is 2. The van der Waals surface area contributed by atoms with Gasteiger partial charge in [-0.1, -0.05) is 36.4 Å². The second-order valence-corrected chi connectivity index (χ2v) is 4.29. The van der Waals surface area contributed by atoms with Crippen molar-refractivity contribution in [2.45, 2.75) is 0 Å². The standard InChI is InChI=1S/C14H14N6O3/c21-11(9-15-12-13(22)17-14(23)20-19-12)18-16-8-4-7-10-5-2-1-3-6-10/h1-8H,9H2,(H,15,19)(H,18,21)(H2,17,20,22,23). The Bertz CT molecular complexity index is 822. The van der Waals surface area contributed by atoms with E-state index in [-0.39, 0.29) is 12.4 Å². The van der Waals surface area contributed by atoms with E-state index in [4.69, 9.17) is 0 Å². The molecule has 1 heterocycles. The van der Waals surface area contributed by atoms with Crippen molar-refractivity contribution in [1.82, 2.24) is 20.6 Å². The van der Waals surface area contributed by atoms with Crippen LogP contribution in [0.5, 0.6) is 0 Å². The molecule has 0 aliphatic carbocycles. The first-order chi connectivity index (χ1) is 11.1. The number of aromatic nitrogens is 3. The Labute approximate surface area is 130 Å². The zero-order chi connectivity index (χ0) is 16.5. The Morgan fingerprint density at radius 2 is 2.04 bits per heavy atom. The summed E-state index contributed by atoms with van der Waals surface area (Å²) in [5.74, 6) is -0.630. The Hall–Kier alpha value is -3.49. The molecule has 2 aromatic rings. The van der Waals surface area contributed by atoms with Gasteiger partial charge in [-0.25, -0.2) is 15.3 Å². The van der Waals surface area contributed by atoms with Gasteiger partial charge >= 0.3 is 5.69 Å². The first-order valence-corrected chi connectivity index (χ1v) is 6.61. The lowest BCUT2D eigenvalue weighted by atomic mass is 10.2. The fraction of sp³-hybridized carbons (Fsp3) is 0.0714. The molecule has 0 bridgehead atoms. The summed E-state index contributed by atoms with van der Waals surface area (Å²) in [4.78, 5) is 35.6. The average molecular weight is 314 g/mol. The number of anilines is 1. The predicted octanol–water partition coefficient (Wildman–Crippen LogP) is -0.314. The third kappa shape index (κ3) is 5.42. The second-order valence-electron chi connectivity index (χ2n) is 4.29. The van der Waals surface area contributed by atoms with Gasteiger partial charge in [0.05, 0.1) is 6.54 Å². The van der Waals surface area contributed by atoms with Crippen LogP contribution in [-0.4, -0.2) is 33.8 Å². The lowest BCUT2D eigenvalue weighted by Crippen LogP contribution is -2.31. The van der Waals surface area contributed by atoms with E-state index in [1.807, 2.05) is 46.5 Å². The number of nitrogens with zero attached hydrogens (tertiary/aromatic N) is 2. The quantitative estimate of drug-likeness (QED) is 0.429. The maximum absolute atomic E-state index is 11.5. The van der Waals surface area contributed by atoms with Crippen molar-refractivity contribution in [2.24, 2.45) is 5.10 Å². The number of amides is 1. The van der Waals surface area contributed by atoms with Crippen molar-refractivity contribution in [3.63, 3.8) is 0 Å². The lowest BCUT2D eigenvalue weighted by Gasteiger charge is -2.01. The molecule has 1 amide bonds. The van der Waals surface area contributed by atoms with Gasteiger partial charge in [0, 0.05) is 6.21 Å². The number of hydrazone groups is 1. The zero-order valence-corrected chi connectivity index (χ0v) is 11.9. The minimum atomic E-state index is -0.722. The van der Waals surface area contributed by atoms with E-state index in [9.17, 15) is 14.4 Å². The number of benzene rings is 1. The van der Waals surface area contributed by atoms with Gasteiger partial charge in [0.15, 0.2) is 0 Å². The SMILES string of the molecule is O=C(CNc1n[nH]c(=O)[nH]c1=O)NN=CC=Cc1ccccc1. The second kappa shape index (κ2) is 8.08. The van der Waals surface area contributed by atoms with Crippen molar-refractivity contribution in [3.05, 3.63) is 62.8 Å². The van der Waals surface area contributed by atoms with Gasteiger partial charge in [0.2, 0.25) is 5.82 Å². The van der Waals surface area contributed by atoms with Crippen LogP contribution in [0.4, 0.5) is 5.82 Å². The maximum atomic E-state index is 11.5. The molecule has 4 N–H and O–H groups in total. The molecular weight excluding hydrogens is 300 g/mol. The molecule has 0 aliphatic rings. The highest BCUT2D eigenvalue weighted by Gasteiger charge is 2.04. The molecule has 0 radical (unpaired) electrons. The first kappa shape index (κ1) is 15.9. The number of carbonyl (C=O) groups excluding carboxylic acids is 1. The summed E-state index contributed by atoms with van der Waals surface area (Å²) in [5.41, 5.74) is 1.85. The van der Waals surface area contributed by atoms with E-state index in [2.05, 4.69) is 20.9 Å². The summed E-state index contributed by atoms with van der Waals surface area (Å²) >= 11 is 0. The Balaban J connectivity index is 1.77. The van der Waals surface area contributed by atoms with Crippen LogP contribution in [0.15, 0.2) is 51.1 Å². The molecule has 0 saturated carbocycles. The molecule has 1 aromatic heterocycles. The number of carbonyl (C=O) groups is 1. The van der Waals surface area contributed by atoms with Crippen molar-refractivity contribution in [1.29, 1.82) is 0 Å². The van der Waals surface area contributed by atoms with Gasteiger partial charge in [-0.05, 0) is 11.6 Å². The molecule has 118 valence electrons. The van der Waals surface area contributed by atoms with Crippen LogP contribution in [-0.2, 0) is 4.79 Å². The van der Waals surface area contributed by atoms with Crippen LogP contribution in [0.25, 0.3) is 6.08 Å². The van der Waals surface area contributed by atoms with E-state index >= 15 is 0 Å². The van der Waals surface area contributed by atoms with Gasteiger partial charge in [0.25, 0.3) is 11.5 Å². The topological polar surface area (TPSA) is 132 Å². The minimum Gasteiger partial charge on any atom is -0.355 e. The summed E-state index contributed by atoms with van der Waals surface area (Å²) in [7, 11) is 0. The first-order valence-electron chi connectivity index (χ1n) is 6.61. The fourth-order valence-corrected chi connectivity index (χ4v) is 1.54. The monoisotopic (exact) mass is 314 g/mol. The Morgan fingerprint density at radius 1 is 1.26 bits per heavy atom. The summed E-state index contributed by atoms with van der Waals surface area (Å²) in [6.07, 6.45) is 4.94. The lowest BCUT2D eigenvalue weighted by molar-refractivity contribution is -0.119.